The molecule has 0 aliphatic carbocycles. The lowest BCUT2D eigenvalue weighted by Crippen LogP contribution is -2.37. The molecule has 1 N–H and O–H groups in total. The molecule has 7 heteroatoms. The first-order valence-corrected chi connectivity index (χ1v) is 9.39. The maximum Gasteiger partial charge on any atom is 0.331 e. The minimum absolute atomic E-state index is 0.0419. The lowest BCUT2D eigenvalue weighted by atomic mass is 10.1. The normalized spacial score (nSPS) is 10.7. The van der Waals surface area contributed by atoms with Crippen LogP contribution in [0.4, 0.5) is 4.79 Å². The van der Waals surface area contributed by atoms with Crippen LogP contribution in [0.2, 0.25) is 0 Å². The number of carbonyl (C=O) groups excluding carboxylic acids is 3. The molecule has 0 bridgehead atoms. The summed E-state index contributed by atoms with van der Waals surface area (Å²) in [7, 11) is 2.87. The van der Waals surface area contributed by atoms with Crippen LogP contribution in [0, 0.1) is 0 Å². The van der Waals surface area contributed by atoms with Gasteiger partial charge in [-0.2, -0.15) is 0 Å². The Morgan fingerprint density at radius 1 is 0.962 bits per heavy atom. The van der Waals surface area contributed by atoms with Crippen molar-refractivity contribution in [2.24, 2.45) is 0 Å². The number of hydrogen-bond donors (Lipinski definition) is 1. The summed E-state index contributed by atoms with van der Waals surface area (Å²) in [5.41, 5.74) is 0. The lowest BCUT2D eigenvalue weighted by Gasteiger charge is -2.13. The fourth-order valence-electron chi connectivity index (χ4n) is 2.34. The Hall–Kier alpha value is -1.89. The number of rotatable bonds is 16. The average Bonchev–Trinajstić information content (AvgIpc) is 2.66. The third-order valence-corrected chi connectivity index (χ3v) is 3.90. The largest absolute Gasteiger partial charge is 0.467 e. The molecule has 0 saturated carbocycles. The summed E-state index contributed by atoms with van der Waals surface area (Å²) in [6.07, 6.45) is 14.4. The molecular formula is C19H34N2O5. The first-order chi connectivity index (χ1) is 12.7. The number of urea groups is 1. The fraction of sp³-hybridized carbons (Fsp3) is 0.737. The number of methoxy groups -OCH3 is 1. The number of imide groups is 1. The summed E-state index contributed by atoms with van der Waals surface area (Å²) >= 11 is 0. The highest BCUT2D eigenvalue weighted by Gasteiger charge is 2.08. The summed E-state index contributed by atoms with van der Waals surface area (Å²) in [4.78, 5) is 34.0. The molecule has 0 atom stereocenters. The zero-order chi connectivity index (χ0) is 19.5. The number of ether oxygens (including phenoxy) is 2. The Morgan fingerprint density at radius 3 is 2.19 bits per heavy atom. The van der Waals surface area contributed by atoms with Crippen LogP contribution >= 0.6 is 0 Å². The summed E-state index contributed by atoms with van der Waals surface area (Å²) in [6.45, 7) is 1.11. The zero-order valence-electron chi connectivity index (χ0n) is 16.2. The van der Waals surface area contributed by atoms with Gasteiger partial charge in [-0.25, -0.2) is 9.59 Å². The monoisotopic (exact) mass is 370 g/mol. The molecule has 150 valence electrons. The Labute approximate surface area is 157 Å². The average molecular weight is 370 g/mol. The van der Waals surface area contributed by atoms with E-state index in [2.05, 4.69) is 22.2 Å². The first kappa shape index (κ1) is 24.1. The fourth-order valence-corrected chi connectivity index (χ4v) is 2.34. The maximum absolute atomic E-state index is 11.3. The highest BCUT2D eigenvalue weighted by atomic mass is 16.6. The van der Waals surface area contributed by atoms with Crippen molar-refractivity contribution in [1.29, 1.82) is 0 Å². The van der Waals surface area contributed by atoms with Crippen LogP contribution in [0.3, 0.4) is 0 Å². The summed E-state index contributed by atoms with van der Waals surface area (Å²) < 4.78 is 9.68. The van der Waals surface area contributed by atoms with E-state index < -0.39 is 0 Å². The van der Waals surface area contributed by atoms with Crippen LogP contribution in [0.25, 0.3) is 0 Å². The van der Waals surface area contributed by atoms with Gasteiger partial charge in [0.1, 0.15) is 6.61 Å². The van der Waals surface area contributed by atoms with E-state index in [0.29, 0.717) is 19.6 Å². The van der Waals surface area contributed by atoms with Crippen LogP contribution < -0.4 is 5.32 Å². The minimum atomic E-state index is -0.356. The molecule has 0 radical (unpaired) electrons. The second-order valence-electron chi connectivity index (χ2n) is 6.01. The second kappa shape index (κ2) is 17.9. The number of amides is 3. The Kier molecular flexibility index (Phi) is 16.6. The van der Waals surface area contributed by atoms with Gasteiger partial charge < -0.3 is 14.8 Å². The van der Waals surface area contributed by atoms with Crippen molar-refractivity contribution >= 4 is 18.4 Å². The molecule has 0 unspecified atom stereocenters. The van der Waals surface area contributed by atoms with Crippen LogP contribution in [-0.4, -0.2) is 57.2 Å². The predicted octanol–water partition coefficient (Wildman–Crippen LogP) is 3.04. The highest BCUT2D eigenvalue weighted by molar-refractivity contribution is 5.84. The molecule has 0 aliphatic heterocycles. The number of nitrogens with one attached hydrogen (secondary N) is 1. The van der Waals surface area contributed by atoms with E-state index in [1.165, 1.54) is 33.4 Å². The van der Waals surface area contributed by atoms with E-state index in [-0.39, 0.29) is 18.6 Å². The molecule has 0 rings (SSSR count). The second-order valence-corrected chi connectivity index (χ2v) is 6.01. The van der Waals surface area contributed by atoms with Gasteiger partial charge in [0.2, 0.25) is 6.41 Å². The molecule has 0 aromatic rings. The smallest absolute Gasteiger partial charge is 0.331 e. The Morgan fingerprint density at radius 2 is 1.58 bits per heavy atom. The highest BCUT2D eigenvalue weighted by Crippen LogP contribution is 2.07. The summed E-state index contributed by atoms with van der Waals surface area (Å²) in [5.74, 6) is -0.329. The molecule has 0 saturated heterocycles. The molecule has 0 heterocycles. The molecule has 0 spiro atoms. The van der Waals surface area contributed by atoms with E-state index in [4.69, 9.17) is 4.74 Å². The molecular weight excluding hydrogens is 336 g/mol. The lowest BCUT2D eigenvalue weighted by molar-refractivity contribution is -0.145. The topological polar surface area (TPSA) is 84.9 Å². The first-order valence-electron chi connectivity index (χ1n) is 9.39. The third kappa shape index (κ3) is 14.5. The van der Waals surface area contributed by atoms with Gasteiger partial charge in [-0.3, -0.25) is 9.69 Å². The van der Waals surface area contributed by atoms with Gasteiger partial charge >= 0.3 is 12.0 Å². The van der Waals surface area contributed by atoms with Gasteiger partial charge in [0.05, 0.1) is 7.11 Å². The van der Waals surface area contributed by atoms with E-state index in [9.17, 15) is 14.4 Å². The Balaban J connectivity index is 3.35. The van der Waals surface area contributed by atoms with Crippen molar-refractivity contribution in [2.45, 2.75) is 57.8 Å². The van der Waals surface area contributed by atoms with Gasteiger partial charge in [-0.05, 0) is 38.5 Å². The van der Waals surface area contributed by atoms with Crippen LogP contribution in [0.5, 0.6) is 0 Å². The van der Waals surface area contributed by atoms with Gasteiger partial charge in [0, 0.05) is 20.2 Å². The van der Waals surface area contributed by atoms with Crippen molar-refractivity contribution in [3.05, 3.63) is 12.2 Å². The van der Waals surface area contributed by atoms with Gasteiger partial charge in [-0.15, -0.1) is 0 Å². The van der Waals surface area contributed by atoms with Crippen molar-refractivity contribution in [1.82, 2.24) is 10.2 Å². The van der Waals surface area contributed by atoms with E-state index in [1.807, 2.05) is 0 Å². The van der Waals surface area contributed by atoms with Gasteiger partial charge in [-0.1, -0.05) is 31.4 Å². The van der Waals surface area contributed by atoms with Gasteiger partial charge in [0.15, 0.2) is 0 Å². The van der Waals surface area contributed by atoms with Gasteiger partial charge in [0.25, 0.3) is 0 Å². The quantitative estimate of drug-likeness (QED) is 0.195. The van der Waals surface area contributed by atoms with Crippen LogP contribution in [-0.2, 0) is 19.1 Å². The molecule has 7 nitrogen and oxygen atoms in total. The number of hydrogen-bond acceptors (Lipinski definition) is 5. The maximum atomic E-state index is 11.3. The third-order valence-electron chi connectivity index (χ3n) is 3.90. The molecule has 3 amide bonds. The van der Waals surface area contributed by atoms with Crippen molar-refractivity contribution < 1.29 is 23.9 Å². The number of unbranched alkanes of at least 4 members (excludes halogenated alkanes) is 7. The Bertz CT molecular complexity index is 413. The number of carbonyl (C=O) groups is 3. The molecule has 0 fully saturated rings. The van der Waals surface area contributed by atoms with E-state index >= 15 is 0 Å². The van der Waals surface area contributed by atoms with E-state index in [1.54, 1.807) is 0 Å². The predicted molar refractivity (Wildman–Crippen MR) is 101 cm³/mol. The number of allylic oxidation sites excluding steroid dienone is 2. The number of nitrogens with zero attached hydrogens (tertiary/aromatic N) is 1. The van der Waals surface area contributed by atoms with Crippen molar-refractivity contribution in [2.75, 3.05) is 33.9 Å². The summed E-state index contributed by atoms with van der Waals surface area (Å²) in [5, 5.41) is 2.44. The minimum Gasteiger partial charge on any atom is -0.467 e. The molecule has 26 heavy (non-hydrogen) atoms. The standard InChI is InChI=1S/C19H34N2O5/c1-20-19(24)21(17-22)14-12-10-8-6-4-3-5-7-9-11-13-15-26-16-18(23)25-2/h4,6,17H,3,5,7-16H2,1-2H3,(H,20,24). The van der Waals surface area contributed by atoms with Crippen molar-refractivity contribution in [3.8, 4) is 0 Å². The van der Waals surface area contributed by atoms with Crippen molar-refractivity contribution in [3.63, 3.8) is 0 Å². The molecule has 0 aromatic carbocycles. The van der Waals surface area contributed by atoms with Crippen LogP contribution in [0.15, 0.2) is 12.2 Å². The summed E-state index contributed by atoms with van der Waals surface area (Å²) in [6, 6.07) is -0.356. The van der Waals surface area contributed by atoms with Crippen LogP contribution in [0.1, 0.15) is 57.8 Å². The zero-order valence-corrected chi connectivity index (χ0v) is 16.2. The molecule has 0 aliphatic rings. The SMILES string of the molecule is CNC(=O)N(C=O)CCCCC=CCCCCCCCOCC(=O)OC. The van der Waals surface area contributed by atoms with E-state index in [0.717, 1.165) is 43.4 Å². The number of esters is 1. The molecule has 0 aromatic heterocycles.